The predicted molar refractivity (Wildman–Crippen MR) is 75.9 cm³/mol. The van der Waals surface area contributed by atoms with Crippen LogP contribution in [0.1, 0.15) is 28.9 Å². The van der Waals surface area contributed by atoms with Gasteiger partial charge in [-0.1, -0.05) is 6.07 Å². The Bertz CT molecular complexity index is 712. The summed E-state index contributed by atoms with van der Waals surface area (Å²) in [5.74, 6) is -0.746. The molecule has 21 heavy (non-hydrogen) atoms. The summed E-state index contributed by atoms with van der Waals surface area (Å²) in [5, 5.41) is 2.71. The number of aromatic amines is 1. The van der Waals surface area contributed by atoms with Gasteiger partial charge in [0.05, 0.1) is 13.2 Å². The molecule has 2 N–H and O–H groups in total. The fourth-order valence-corrected chi connectivity index (χ4v) is 1.90. The molecule has 0 aliphatic heterocycles. The molecule has 0 aliphatic rings. The first-order valence-electron chi connectivity index (χ1n) is 6.34. The van der Waals surface area contributed by atoms with Gasteiger partial charge in [0.25, 0.3) is 5.91 Å². The summed E-state index contributed by atoms with van der Waals surface area (Å²) in [5.41, 5.74) is 0.497. The summed E-state index contributed by atoms with van der Waals surface area (Å²) < 4.78 is 18.5. The van der Waals surface area contributed by atoms with Crippen molar-refractivity contribution in [1.82, 2.24) is 10.3 Å². The lowest BCUT2D eigenvalue weighted by Crippen LogP contribution is -2.27. The molecule has 1 amide bonds. The van der Waals surface area contributed by atoms with Crippen LogP contribution in [0.25, 0.3) is 0 Å². The molecule has 2 aromatic rings. The molecule has 6 heteroatoms. The van der Waals surface area contributed by atoms with Crippen molar-refractivity contribution in [3.63, 3.8) is 0 Å². The third kappa shape index (κ3) is 3.47. The quantitative estimate of drug-likeness (QED) is 0.905. The Morgan fingerprint density at radius 3 is 2.71 bits per heavy atom. The predicted octanol–water partition coefficient (Wildman–Crippen LogP) is 2.01. The highest BCUT2D eigenvalue weighted by Gasteiger charge is 2.13. The minimum atomic E-state index is -0.493. The molecule has 1 heterocycles. The van der Waals surface area contributed by atoms with Crippen molar-refractivity contribution in [2.45, 2.75) is 13.0 Å². The molecule has 0 saturated heterocycles. The van der Waals surface area contributed by atoms with Crippen LogP contribution in [0.4, 0.5) is 4.39 Å². The van der Waals surface area contributed by atoms with E-state index in [1.165, 1.54) is 37.6 Å². The number of halogens is 1. The van der Waals surface area contributed by atoms with Crippen molar-refractivity contribution in [1.29, 1.82) is 0 Å². The maximum Gasteiger partial charge on any atom is 0.252 e. The maximum absolute atomic E-state index is 13.6. The number of carbonyl (C=O) groups excluding carboxylic acids is 1. The van der Waals surface area contributed by atoms with Crippen LogP contribution in [-0.2, 0) is 0 Å². The Hall–Kier alpha value is -2.63. The molecule has 5 nitrogen and oxygen atoms in total. The number of carbonyl (C=O) groups is 1. The van der Waals surface area contributed by atoms with E-state index in [0.717, 1.165) is 0 Å². The van der Waals surface area contributed by atoms with Crippen LogP contribution in [0.2, 0.25) is 0 Å². The van der Waals surface area contributed by atoms with E-state index in [1.807, 2.05) is 0 Å². The van der Waals surface area contributed by atoms with E-state index in [0.29, 0.717) is 5.56 Å². The molecule has 1 aromatic carbocycles. The summed E-state index contributed by atoms with van der Waals surface area (Å²) in [4.78, 5) is 25.6. The molecule has 110 valence electrons. The zero-order chi connectivity index (χ0) is 15.4. The van der Waals surface area contributed by atoms with E-state index in [4.69, 9.17) is 4.74 Å². The van der Waals surface area contributed by atoms with Crippen LogP contribution in [0.15, 0.2) is 41.3 Å². The minimum Gasteiger partial charge on any atom is -0.494 e. The molecular formula is C15H15FN2O3. The van der Waals surface area contributed by atoms with Gasteiger partial charge in [-0.05, 0) is 30.7 Å². The summed E-state index contributed by atoms with van der Waals surface area (Å²) in [6.45, 7) is 1.73. The molecule has 2 rings (SSSR count). The lowest BCUT2D eigenvalue weighted by molar-refractivity contribution is 0.0939. The summed E-state index contributed by atoms with van der Waals surface area (Å²) in [6.07, 6.45) is 1.40. The minimum absolute atomic E-state index is 0.145. The van der Waals surface area contributed by atoms with Gasteiger partial charge in [-0.3, -0.25) is 9.59 Å². The normalized spacial score (nSPS) is 11.8. The molecule has 0 aliphatic carbocycles. The second-order valence-corrected chi connectivity index (χ2v) is 4.53. The second-order valence-electron chi connectivity index (χ2n) is 4.53. The van der Waals surface area contributed by atoms with E-state index in [2.05, 4.69) is 10.3 Å². The number of hydrogen-bond donors (Lipinski definition) is 2. The van der Waals surface area contributed by atoms with Gasteiger partial charge in [0.15, 0.2) is 11.6 Å². The van der Waals surface area contributed by atoms with E-state index in [1.54, 1.807) is 13.0 Å². The monoisotopic (exact) mass is 290 g/mol. The fourth-order valence-electron chi connectivity index (χ4n) is 1.90. The molecule has 0 bridgehead atoms. The lowest BCUT2D eigenvalue weighted by Gasteiger charge is -2.15. The van der Waals surface area contributed by atoms with Crippen LogP contribution in [0.3, 0.4) is 0 Å². The Balaban J connectivity index is 2.14. The number of rotatable bonds is 4. The standard InChI is InChI=1S/C15H15FN2O3/c1-9(10-3-4-13(21-2)12(16)7-10)18-15(20)11-5-6-17-14(19)8-11/h3-9H,1-2H3,(H,17,19)(H,18,20). The highest BCUT2D eigenvalue weighted by molar-refractivity contribution is 5.94. The average molecular weight is 290 g/mol. The van der Waals surface area contributed by atoms with Crippen LogP contribution in [-0.4, -0.2) is 18.0 Å². The number of nitrogens with one attached hydrogen (secondary N) is 2. The third-order valence-corrected chi connectivity index (χ3v) is 3.06. The third-order valence-electron chi connectivity index (χ3n) is 3.06. The van der Waals surface area contributed by atoms with E-state index < -0.39 is 17.8 Å². The van der Waals surface area contributed by atoms with Gasteiger partial charge in [-0.15, -0.1) is 0 Å². The maximum atomic E-state index is 13.6. The first-order valence-corrected chi connectivity index (χ1v) is 6.34. The number of aromatic nitrogens is 1. The molecular weight excluding hydrogens is 275 g/mol. The summed E-state index contributed by atoms with van der Waals surface area (Å²) in [6, 6.07) is 6.78. The van der Waals surface area contributed by atoms with E-state index in [9.17, 15) is 14.0 Å². The topological polar surface area (TPSA) is 71.2 Å². The van der Waals surface area contributed by atoms with Gasteiger partial charge in [-0.25, -0.2) is 4.39 Å². The van der Waals surface area contributed by atoms with Gasteiger partial charge in [0.2, 0.25) is 5.56 Å². The average Bonchev–Trinajstić information content (AvgIpc) is 2.47. The van der Waals surface area contributed by atoms with Gasteiger partial charge in [-0.2, -0.15) is 0 Å². The Kier molecular flexibility index (Phi) is 4.37. The molecule has 1 atom stereocenters. The van der Waals surface area contributed by atoms with Gasteiger partial charge < -0.3 is 15.0 Å². The van der Waals surface area contributed by atoms with Crippen molar-refractivity contribution < 1.29 is 13.9 Å². The molecule has 1 unspecified atom stereocenters. The number of benzene rings is 1. The molecule has 1 aromatic heterocycles. The highest BCUT2D eigenvalue weighted by Crippen LogP contribution is 2.21. The van der Waals surface area contributed by atoms with Crippen molar-refractivity contribution in [2.75, 3.05) is 7.11 Å². The number of amides is 1. The number of H-pyrrole nitrogens is 1. The van der Waals surface area contributed by atoms with Crippen LogP contribution in [0, 0.1) is 5.82 Å². The fraction of sp³-hybridized carbons (Fsp3) is 0.200. The molecule has 0 radical (unpaired) electrons. The zero-order valence-electron chi connectivity index (χ0n) is 11.6. The van der Waals surface area contributed by atoms with Crippen LogP contribution in [0.5, 0.6) is 5.75 Å². The number of hydrogen-bond acceptors (Lipinski definition) is 3. The Morgan fingerprint density at radius 1 is 1.33 bits per heavy atom. The van der Waals surface area contributed by atoms with Gasteiger partial charge in [0.1, 0.15) is 0 Å². The summed E-state index contributed by atoms with van der Waals surface area (Å²) in [7, 11) is 1.39. The SMILES string of the molecule is COc1ccc(C(C)NC(=O)c2cc[nH]c(=O)c2)cc1F. The number of ether oxygens (including phenoxy) is 1. The van der Waals surface area contributed by atoms with Crippen molar-refractivity contribution >= 4 is 5.91 Å². The zero-order valence-corrected chi connectivity index (χ0v) is 11.6. The van der Waals surface area contributed by atoms with E-state index in [-0.39, 0.29) is 16.9 Å². The van der Waals surface area contributed by atoms with Crippen molar-refractivity contribution in [2.24, 2.45) is 0 Å². The number of pyridine rings is 1. The molecule has 0 saturated carbocycles. The molecule has 0 fully saturated rings. The summed E-state index contributed by atoms with van der Waals surface area (Å²) >= 11 is 0. The van der Waals surface area contributed by atoms with Crippen molar-refractivity contribution in [3.05, 3.63) is 63.8 Å². The first kappa shape index (κ1) is 14.8. The largest absolute Gasteiger partial charge is 0.494 e. The Morgan fingerprint density at radius 2 is 2.10 bits per heavy atom. The van der Waals surface area contributed by atoms with Crippen LogP contribution >= 0.6 is 0 Å². The first-order chi connectivity index (χ1) is 10.0. The highest BCUT2D eigenvalue weighted by atomic mass is 19.1. The molecule has 0 spiro atoms. The smallest absolute Gasteiger partial charge is 0.252 e. The second kappa shape index (κ2) is 6.21. The van der Waals surface area contributed by atoms with Gasteiger partial charge in [0, 0.05) is 17.8 Å². The Labute approximate surface area is 120 Å². The van der Waals surface area contributed by atoms with E-state index >= 15 is 0 Å². The van der Waals surface area contributed by atoms with Crippen molar-refractivity contribution in [3.8, 4) is 5.75 Å². The number of methoxy groups -OCH3 is 1. The van der Waals surface area contributed by atoms with Gasteiger partial charge >= 0.3 is 0 Å². The van der Waals surface area contributed by atoms with Crippen LogP contribution < -0.4 is 15.6 Å². The lowest BCUT2D eigenvalue weighted by atomic mass is 10.1.